The van der Waals surface area contributed by atoms with Gasteiger partial charge in [0.15, 0.2) is 0 Å². The van der Waals surface area contributed by atoms with Crippen molar-refractivity contribution in [3.8, 4) is 0 Å². The summed E-state index contributed by atoms with van der Waals surface area (Å²) in [4.78, 5) is 15.8. The standard InChI is InChI=1S/C19H29N3O2S2/c1-3-22(4-2)19(25)26-15-18(23)20-13-16-7-5-6-8-17(16)14-21-9-11-24-12-10-21/h5-8H,3-4,9-15H2,1-2H3,(H,20,23)/p+1. The van der Waals surface area contributed by atoms with Crippen molar-refractivity contribution in [3.05, 3.63) is 35.4 Å². The zero-order chi connectivity index (χ0) is 18.8. The van der Waals surface area contributed by atoms with Crippen molar-refractivity contribution in [1.82, 2.24) is 10.2 Å². The lowest BCUT2D eigenvalue weighted by atomic mass is 10.1. The van der Waals surface area contributed by atoms with E-state index in [0.29, 0.717) is 12.3 Å². The van der Waals surface area contributed by atoms with Crippen molar-refractivity contribution in [2.45, 2.75) is 26.9 Å². The normalized spacial score (nSPS) is 14.8. The monoisotopic (exact) mass is 396 g/mol. The van der Waals surface area contributed by atoms with Crippen LogP contribution in [0.2, 0.25) is 0 Å². The molecule has 0 aromatic heterocycles. The number of rotatable bonds is 8. The summed E-state index contributed by atoms with van der Waals surface area (Å²) in [6, 6.07) is 8.36. The van der Waals surface area contributed by atoms with Gasteiger partial charge in [0, 0.05) is 25.2 Å². The number of benzene rings is 1. The summed E-state index contributed by atoms with van der Waals surface area (Å²) < 4.78 is 6.22. The van der Waals surface area contributed by atoms with Crippen LogP contribution in [0.4, 0.5) is 0 Å². The molecular formula is C19H30N3O2S2+. The van der Waals surface area contributed by atoms with Crippen LogP contribution in [0.15, 0.2) is 24.3 Å². The van der Waals surface area contributed by atoms with Gasteiger partial charge in [0.25, 0.3) is 0 Å². The van der Waals surface area contributed by atoms with Crippen molar-refractivity contribution in [2.75, 3.05) is 45.1 Å². The fourth-order valence-electron chi connectivity index (χ4n) is 2.95. The largest absolute Gasteiger partial charge is 0.370 e. The lowest BCUT2D eigenvalue weighted by molar-refractivity contribution is -0.921. The van der Waals surface area contributed by atoms with E-state index in [2.05, 4.69) is 42.3 Å². The molecule has 1 heterocycles. The fraction of sp³-hybridized carbons (Fsp3) is 0.579. The first kappa shape index (κ1) is 21.2. The molecule has 0 aliphatic carbocycles. The Kier molecular flexibility index (Phi) is 9.39. The van der Waals surface area contributed by atoms with Crippen molar-refractivity contribution >= 4 is 34.2 Å². The van der Waals surface area contributed by atoms with E-state index in [9.17, 15) is 4.79 Å². The van der Waals surface area contributed by atoms with Crippen molar-refractivity contribution in [3.63, 3.8) is 0 Å². The Balaban J connectivity index is 1.81. The van der Waals surface area contributed by atoms with Crippen molar-refractivity contribution in [2.24, 2.45) is 0 Å². The van der Waals surface area contributed by atoms with Crippen LogP contribution in [0.1, 0.15) is 25.0 Å². The van der Waals surface area contributed by atoms with Crippen LogP contribution in [-0.2, 0) is 22.6 Å². The van der Waals surface area contributed by atoms with Crippen LogP contribution in [-0.4, -0.2) is 60.3 Å². The molecule has 1 aromatic carbocycles. The Labute approximate surface area is 166 Å². The fourth-order valence-corrected chi connectivity index (χ4v) is 4.19. The van der Waals surface area contributed by atoms with Gasteiger partial charge in [-0.2, -0.15) is 0 Å². The minimum absolute atomic E-state index is 0.0260. The average Bonchev–Trinajstić information content (AvgIpc) is 2.67. The van der Waals surface area contributed by atoms with Gasteiger partial charge in [-0.15, -0.1) is 0 Å². The lowest BCUT2D eigenvalue weighted by Gasteiger charge is -2.24. The van der Waals surface area contributed by atoms with Crippen LogP contribution in [0.5, 0.6) is 0 Å². The molecule has 5 nitrogen and oxygen atoms in total. The van der Waals surface area contributed by atoms with Gasteiger partial charge in [-0.1, -0.05) is 48.2 Å². The van der Waals surface area contributed by atoms with E-state index >= 15 is 0 Å². The molecule has 1 fully saturated rings. The molecule has 0 unspecified atom stereocenters. The van der Waals surface area contributed by atoms with E-state index in [1.54, 1.807) is 0 Å². The molecule has 0 saturated carbocycles. The minimum Gasteiger partial charge on any atom is -0.370 e. The van der Waals surface area contributed by atoms with E-state index in [1.807, 2.05) is 6.07 Å². The average molecular weight is 397 g/mol. The smallest absolute Gasteiger partial charge is 0.230 e. The molecule has 0 radical (unpaired) electrons. The molecule has 7 heteroatoms. The van der Waals surface area contributed by atoms with E-state index in [4.69, 9.17) is 17.0 Å². The highest BCUT2D eigenvalue weighted by Crippen LogP contribution is 2.10. The highest BCUT2D eigenvalue weighted by atomic mass is 32.2. The van der Waals surface area contributed by atoms with Crippen LogP contribution in [0.25, 0.3) is 0 Å². The first-order chi connectivity index (χ1) is 12.6. The summed E-state index contributed by atoms with van der Waals surface area (Å²) in [6.07, 6.45) is 0. The van der Waals surface area contributed by atoms with Gasteiger partial charge in [0.2, 0.25) is 5.91 Å². The number of hydrogen-bond acceptors (Lipinski definition) is 4. The SMILES string of the molecule is CCN(CC)C(=S)SCC(=O)NCc1ccccc1C[NH+]1CCOCC1. The number of nitrogens with one attached hydrogen (secondary N) is 2. The number of morpholine rings is 1. The second-order valence-electron chi connectivity index (χ2n) is 6.31. The molecule has 144 valence electrons. The predicted molar refractivity (Wildman–Crippen MR) is 111 cm³/mol. The van der Waals surface area contributed by atoms with Gasteiger partial charge in [-0.3, -0.25) is 4.79 Å². The third-order valence-electron chi connectivity index (χ3n) is 4.58. The summed E-state index contributed by atoms with van der Waals surface area (Å²) >= 11 is 6.81. The molecule has 0 bridgehead atoms. The number of carbonyl (C=O) groups is 1. The number of carbonyl (C=O) groups excluding carboxylic acids is 1. The van der Waals surface area contributed by atoms with Crippen LogP contribution in [0, 0.1) is 0 Å². The van der Waals surface area contributed by atoms with Gasteiger partial charge < -0.3 is 19.9 Å². The maximum atomic E-state index is 12.2. The van der Waals surface area contributed by atoms with Crippen LogP contribution in [0.3, 0.4) is 0 Å². The van der Waals surface area contributed by atoms with Gasteiger partial charge in [-0.05, 0) is 19.4 Å². The molecule has 0 atom stereocenters. The summed E-state index contributed by atoms with van der Waals surface area (Å²) in [7, 11) is 0. The number of amides is 1. The molecule has 1 aliphatic heterocycles. The van der Waals surface area contributed by atoms with Gasteiger partial charge in [0.1, 0.15) is 24.0 Å². The van der Waals surface area contributed by atoms with Crippen molar-refractivity contribution < 1.29 is 14.4 Å². The van der Waals surface area contributed by atoms with E-state index in [1.165, 1.54) is 27.8 Å². The second-order valence-corrected chi connectivity index (χ2v) is 7.92. The topological polar surface area (TPSA) is 46.0 Å². The Bertz CT molecular complexity index is 588. The van der Waals surface area contributed by atoms with Gasteiger partial charge in [-0.25, -0.2) is 0 Å². The number of thioether (sulfide) groups is 1. The molecule has 2 N–H and O–H groups in total. The van der Waals surface area contributed by atoms with Crippen LogP contribution < -0.4 is 10.2 Å². The Morgan fingerprint density at radius 1 is 1.23 bits per heavy atom. The van der Waals surface area contributed by atoms with Crippen LogP contribution >= 0.6 is 24.0 Å². The highest BCUT2D eigenvalue weighted by molar-refractivity contribution is 8.23. The first-order valence-corrected chi connectivity index (χ1v) is 10.7. The molecule has 1 saturated heterocycles. The number of thiocarbonyl (C=S) groups is 1. The molecule has 1 aliphatic rings. The zero-order valence-electron chi connectivity index (χ0n) is 15.8. The number of ether oxygens (including phenoxy) is 1. The third kappa shape index (κ3) is 6.87. The second kappa shape index (κ2) is 11.5. The highest BCUT2D eigenvalue weighted by Gasteiger charge is 2.16. The Morgan fingerprint density at radius 2 is 1.88 bits per heavy atom. The summed E-state index contributed by atoms with van der Waals surface area (Å²) in [5.41, 5.74) is 2.49. The van der Waals surface area contributed by atoms with Gasteiger partial charge >= 0.3 is 0 Å². The maximum absolute atomic E-state index is 12.2. The quantitative estimate of drug-likeness (QED) is 0.644. The summed E-state index contributed by atoms with van der Waals surface area (Å²) in [5, 5.41) is 3.04. The molecule has 0 spiro atoms. The summed E-state index contributed by atoms with van der Waals surface area (Å²) in [6.45, 7) is 11.2. The number of hydrogen-bond donors (Lipinski definition) is 2. The molecule has 2 rings (SSSR count). The molecule has 26 heavy (non-hydrogen) atoms. The predicted octanol–water partition coefficient (Wildman–Crippen LogP) is 1.08. The number of quaternary nitrogens is 1. The minimum atomic E-state index is 0.0260. The first-order valence-electron chi connectivity index (χ1n) is 9.30. The molecule has 1 aromatic rings. The number of nitrogens with zero attached hydrogens (tertiary/aromatic N) is 1. The van der Waals surface area contributed by atoms with E-state index < -0.39 is 0 Å². The maximum Gasteiger partial charge on any atom is 0.230 e. The van der Waals surface area contributed by atoms with Gasteiger partial charge in [0.05, 0.1) is 19.0 Å². The third-order valence-corrected chi connectivity index (χ3v) is 6.11. The lowest BCUT2D eigenvalue weighted by Crippen LogP contribution is -3.12. The van der Waals surface area contributed by atoms with E-state index in [0.717, 1.165) is 50.3 Å². The van der Waals surface area contributed by atoms with E-state index in [-0.39, 0.29) is 5.91 Å². The Hall–Kier alpha value is -1.15. The zero-order valence-corrected chi connectivity index (χ0v) is 17.4. The Morgan fingerprint density at radius 3 is 2.54 bits per heavy atom. The summed E-state index contributed by atoms with van der Waals surface area (Å²) in [5.74, 6) is 0.393. The molecular weight excluding hydrogens is 366 g/mol. The van der Waals surface area contributed by atoms with Crippen molar-refractivity contribution in [1.29, 1.82) is 0 Å². The molecule has 1 amide bonds.